The number of benzene rings is 1. The number of nitrogens with zero attached hydrogens (tertiary/aromatic N) is 2. The summed E-state index contributed by atoms with van der Waals surface area (Å²) in [6.07, 6.45) is 1.96. The van der Waals surface area contributed by atoms with Gasteiger partial charge in [-0.1, -0.05) is 30.3 Å². The summed E-state index contributed by atoms with van der Waals surface area (Å²) in [5, 5.41) is 3.38. The highest BCUT2D eigenvalue weighted by Gasteiger charge is 2.42. The summed E-state index contributed by atoms with van der Waals surface area (Å²) in [5.74, 6) is -0.331. The smallest absolute Gasteiger partial charge is 0.348 e. The van der Waals surface area contributed by atoms with Gasteiger partial charge in [0.05, 0.1) is 19.7 Å². The Bertz CT molecular complexity index is 832. The fourth-order valence-corrected chi connectivity index (χ4v) is 5.04. The standard InChI is InChI=1S/C21H25N3O3S/c1-27-20(25)19-8-7-17(28-19)13-23-14-18(15-5-3-2-4-6-15)24(21(23)26)16-9-11-22-12-10-16/h2-8,16,18,22H,9-14H2,1H3. The molecule has 6 nitrogen and oxygen atoms in total. The zero-order valence-corrected chi connectivity index (χ0v) is 16.8. The fraction of sp³-hybridized carbons (Fsp3) is 0.429. The van der Waals surface area contributed by atoms with Gasteiger partial charge in [-0.05, 0) is 43.6 Å². The molecule has 2 amide bonds. The first kappa shape index (κ1) is 19.0. The lowest BCUT2D eigenvalue weighted by Crippen LogP contribution is -2.45. The third-order valence-electron chi connectivity index (χ3n) is 5.50. The number of rotatable bonds is 5. The van der Waals surface area contributed by atoms with Gasteiger partial charge in [0, 0.05) is 17.5 Å². The van der Waals surface area contributed by atoms with Gasteiger partial charge in [-0.15, -0.1) is 11.3 Å². The number of nitrogens with one attached hydrogen (secondary N) is 1. The molecule has 1 unspecified atom stereocenters. The van der Waals surface area contributed by atoms with Crippen molar-refractivity contribution in [2.45, 2.75) is 31.5 Å². The molecule has 2 fully saturated rings. The maximum Gasteiger partial charge on any atom is 0.348 e. The van der Waals surface area contributed by atoms with Gasteiger partial charge in [-0.3, -0.25) is 0 Å². The van der Waals surface area contributed by atoms with E-state index in [0.717, 1.165) is 30.8 Å². The number of thiophene rings is 1. The van der Waals surface area contributed by atoms with Crippen molar-refractivity contribution in [1.29, 1.82) is 0 Å². The number of piperidine rings is 1. The molecule has 0 spiro atoms. The summed E-state index contributed by atoms with van der Waals surface area (Å²) in [5.41, 5.74) is 1.18. The molecule has 28 heavy (non-hydrogen) atoms. The minimum atomic E-state index is -0.331. The molecule has 0 saturated carbocycles. The molecule has 2 aliphatic rings. The minimum absolute atomic E-state index is 0.0665. The van der Waals surface area contributed by atoms with Crippen LogP contribution in [0, 0.1) is 0 Å². The quantitative estimate of drug-likeness (QED) is 0.784. The lowest BCUT2D eigenvalue weighted by Gasteiger charge is -2.35. The van der Waals surface area contributed by atoms with E-state index in [1.165, 1.54) is 24.0 Å². The van der Waals surface area contributed by atoms with Gasteiger partial charge in [0.1, 0.15) is 4.88 Å². The van der Waals surface area contributed by atoms with Gasteiger partial charge < -0.3 is 19.9 Å². The number of urea groups is 1. The van der Waals surface area contributed by atoms with E-state index < -0.39 is 0 Å². The van der Waals surface area contributed by atoms with Crippen molar-refractivity contribution in [3.8, 4) is 0 Å². The topological polar surface area (TPSA) is 61.9 Å². The largest absolute Gasteiger partial charge is 0.465 e. The second kappa shape index (κ2) is 8.32. The lowest BCUT2D eigenvalue weighted by atomic mass is 10.00. The van der Waals surface area contributed by atoms with Crippen molar-refractivity contribution >= 4 is 23.3 Å². The Labute approximate surface area is 169 Å². The van der Waals surface area contributed by atoms with Crippen molar-refractivity contribution in [1.82, 2.24) is 15.1 Å². The first-order valence-electron chi connectivity index (χ1n) is 9.67. The second-order valence-corrected chi connectivity index (χ2v) is 8.40. The highest BCUT2D eigenvalue weighted by molar-refractivity contribution is 7.13. The van der Waals surface area contributed by atoms with Crippen LogP contribution in [0.15, 0.2) is 42.5 Å². The fourth-order valence-electron chi connectivity index (χ4n) is 4.10. The van der Waals surface area contributed by atoms with Crippen molar-refractivity contribution in [3.05, 3.63) is 57.8 Å². The zero-order chi connectivity index (χ0) is 19.5. The number of ether oxygens (including phenoxy) is 1. The van der Waals surface area contributed by atoms with Crippen molar-refractivity contribution in [2.75, 3.05) is 26.7 Å². The third-order valence-corrected chi connectivity index (χ3v) is 6.55. The van der Waals surface area contributed by atoms with E-state index in [1.54, 1.807) is 6.07 Å². The number of esters is 1. The van der Waals surface area contributed by atoms with Crippen molar-refractivity contribution < 1.29 is 14.3 Å². The number of amides is 2. The van der Waals surface area contributed by atoms with Crippen LogP contribution in [0.25, 0.3) is 0 Å². The molecule has 1 aromatic carbocycles. The van der Waals surface area contributed by atoms with Crippen LogP contribution in [0.4, 0.5) is 4.79 Å². The molecule has 1 aromatic heterocycles. The van der Waals surface area contributed by atoms with Gasteiger partial charge in [0.15, 0.2) is 0 Å². The summed E-state index contributed by atoms with van der Waals surface area (Å²) >= 11 is 1.39. The second-order valence-electron chi connectivity index (χ2n) is 7.24. The average Bonchev–Trinajstić information content (AvgIpc) is 3.34. The Hall–Kier alpha value is -2.38. The average molecular weight is 400 g/mol. The van der Waals surface area contributed by atoms with Crippen molar-refractivity contribution in [3.63, 3.8) is 0 Å². The zero-order valence-electron chi connectivity index (χ0n) is 16.0. The molecule has 4 rings (SSSR count). The number of carbonyl (C=O) groups is 2. The SMILES string of the molecule is COC(=O)c1ccc(CN2CC(c3ccccc3)N(C3CCNCC3)C2=O)s1. The van der Waals surface area contributed by atoms with Crippen LogP contribution in [-0.4, -0.2) is 54.6 Å². The summed E-state index contributed by atoms with van der Waals surface area (Å²) in [7, 11) is 1.38. The molecule has 1 N–H and O–H groups in total. The predicted molar refractivity (Wildman–Crippen MR) is 108 cm³/mol. The number of carbonyl (C=O) groups excluding carboxylic acids is 2. The van der Waals surface area contributed by atoms with Crippen LogP contribution in [0.1, 0.15) is 39.0 Å². The molecule has 0 aliphatic carbocycles. The Morgan fingerprint density at radius 2 is 1.93 bits per heavy atom. The minimum Gasteiger partial charge on any atom is -0.465 e. The van der Waals surface area contributed by atoms with E-state index in [-0.39, 0.29) is 24.1 Å². The maximum atomic E-state index is 13.3. The van der Waals surface area contributed by atoms with Gasteiger partial charge in [-0.25, -0.2) is 9.59 Å². The molecule has 148 valence electrons. The molecule has 2 saturated heterocycles. The van der Waals surface area contributed by atoms with Crippen LogP contribution in [0.5, 0.6) is 0 Å². The molecule has 0 radical (unpaired) electrons. The molecule has 1 atom stereocenters. The monoisotopic (exact) mass is 399 g/mol. The van der Waals surface area contributed by atoms with E-state index >= 15 is 0 Å². The highest BCUT2D eigenvalue weighted by Crippen LogP contribution is 2.35. The van der Waals surface area contributed by atoms with E-state index in [4.69, 9.17) is 4.74 Å². The summed E-state index contributed by atoms with van der Waals surface area (Å²) in [6, 6.07) is 14.4. The highest BCUT2D eigenvalue weighted by atomic mass is 32.1. The van der Waals surface area contributed by atoms with Crippen LogP contribution >= 0.6 is 11.3 Å². The first-order chi connectivity index (χ1) is 13.7. The summed E-state index contributed by atoms with van der Waals surface area (Å²) in [4.78, 5) is 30.6. The number of methoxy groups -OCH3 is 1. The van der Waals surface area contributed by atoms with Crippen LogP contribution < -0.4 is 5.32 Å². The molecule has 7 heteroatoms. The number of hydrogen-bond acceptors (Lipinski definition) is 5. The molecule has 0 bridgehead atoms. The Morgan fingerprint density at radius 3 is 2.64 bits per heavy atom. The van der Waals surface area contributed by atoms with Crippen LogP contribution in [0.3, 0.4) is 0 Å². The maximum absolute atomic E-state index is 13.3. The van der Waals surface area contributed by atoms with E-state index in [0.29, 0.717) is 18.0 Å². The predicted octanol–water partition coefficient (Wildman–Crippen LogP) is 3.27. The first-order valence-corrected chi connectivity index (χ1v) is 10.5. The van der Waals surface area contributed by atoms with E-state index in [1.807, 2.05) is 29.2 Å². The lowest BCUT2D eigenvalue weighted by molar-refractivity contribution is 0.0606. The van der Waals surface area contributed by atoms with Crippen LogP contribution in [-0.2, 0) is 11.3 Å². The van der Waals surface area contributed by atoms with Crippen molar-refractivity contribution in [2.24, 2.45) is 0 Å². The third kappa shape index (κ3) is 3.77. The molecule has 2 aliphatic heterocycles. The van der Waals surface area contributed by atoms with Gasteiger partial charge in [0.25, 0.3) is 0 Å². The van der Waals surface area contributed by atoms with Gasteiger partial charge in [0.2, 0.25) is 0 Å². The van der Waals surface area contributed by atoms with E-state index in [2.05, 4.69) is 22.3 Å². The molecular weight excluding hydrogens is 374 g/mol. The Kier molecular flexibility index (Phi) is 5.64. The summed E-state index contributed by atoms with van der Waals surface area (Å²) < 4.78 is 4.79. The van der Waals surface area contributed by atoms with Gasteiger partial charge in [-0.2, -0.15) is 0 Å². The van der Waals surface area contributed by atoms with Crippen LogP contribution in [0.2, 0.25) is 0 Å². The normalized spacial score (nSPS) is 20.6. The number of hydrogen-bond donors (Lipinski definition) is 1. The Balaban J connectivity index is 1.56. The molecular formula is C21H25N3O3S. The van der Waals surface area contributed by atoms with Gasteiger partial charge >= 0.3 is 12.0 Å². The van der Waals surface area contributed by atoms with E-state index in [9.17, 15) is 9.59 Å². The Morgan fingerprint density at radius 1 is 1.18 bits per heavy atom. The summed E-state index contributed by atoms with van der Waals surface area (Å²) in [6.45, 7) is 3.08. The molecule has 3 heterocycles. The molecule has 2 aromatic rings.